The number of nitrogens with one attached hydrogen (secondary N) is 2. The summed E-state index contributed by atoms with van der Waals surface area (Å²) in [4.78, 5) is 17.7. The van der Waals surface area contributed by atoms with E-state index in [0.717, 1.165) is 24.1 Å². The van der Waals surface area contributed by atoms with E-state index in [4.69, 9.17) is 0 Å². The maximum absolute atomic E-state index is 13.7. The van der Waals surface area contributed by atoms with E-state index in [2.05, 4.69) is 16.4 Å². The van der Waals surface area contributed by atoms with Crippen molar-refractivity contribution in [2.45, 2.75) is 19.4 Å². The number of H-pyrrole nitrogens is 1. The lowest BCUT2D eigenvalue weighted by Crippen LogP contribution is -2.35. The summed E-state index contributed by atoms with van der Waals surface area (Å²) in [5.41, 5.74) is 3.66. The summed E-state index contributed by atoms with van der Waals surface area (Å²) in [6.07, 6.45) is 1.82. The molecule has 0 spiro atoms. The maximum atomic E-state index is 13.7. The zero-order valence-electron chi connectivity index (χ0n) is 13.2. The number of fused-ring (bicyclic) bond motifs is 3. The van der Waals surface area contributed by atoms with Gasteiger partial charge >= 0.3 is 6.03 Å². The van der Waals surface area contributed by atoms with Gasteiger partial charge in [-0.2, -0.15) is 0 Å². The minimum Gasteiger partial charge on any atom is -0.357 e. The largest absolute Gasteiger partial charge is 0.357 e. The van der Waals surface area contributed by atoms with Crippen LogP contribution in [0.25, 0.3) is 10.9 Å². The molecule has 0 radical (unpaired) electrons. The molecule has 0 unspecified atom stereocenters. The Labute approximate surface area is 139 Å². The number of nitrogens with zero attached hydrogens (tertiary/aromatic N) is 1. The predicted octanol–water partition coefficient (Wildman–Crippen LogP) is 4.29. The first-order valence-electron chi connectivity index (χ1n) is 8.11. The van der Waals surface area contributed by atoms with E-state index in [1.807, 2.05) is 18.2 Å². The zero-order valence-corrected chi connectivity index (χ0v) is 13.2. The van der Waals surface area contributed by atoms with Gasteiger partial charge in [0.15, 0.2) is 0 Å². The number of aromatic amines is 1. The molecule has 2 N–H and O–H groups in total. The molecule has 0 aliphatic carbocycles. The number of anilines is 1. The summed E-state index contributed by atoms with van der Waals surface area (Å²) in [6.45, 7) is 1.15. The van der Waals surface area contributed by atoms with E-state index in [-0.39, 0.29) is 11.7 Å². The molecule has 1 aliphatic rings. The summed E-state index contributed by atoms with van der Waals surface area (Å²) in [7, 11) is 0. The van der Waals surface area contributed by atoms with Crippen LogP contribution in [-0.2, 0) is 13.0 Å². The molecule has 4 rings (SSSR count). The number of hydrogen-bond donors (Lipinski definition) is 2. The van der Waals surface area contributed by atoms with Crippen molar-refractivity contribution in [2.75, 3.05) is 11.9 Å². The summed E-state index contributed by atoms with van der Waals surface area (Å²) in [6, 6.07) is 14.1. The molecule has 2 heterocycles. The van der Waals surface area contributed by atoms with Gasteiger partial charge in [-0.25, -0.2) is 9.18 Å². The van der Waals surface area contributed by atoms with Gasteiger partial charge < -0.3 is 15.2 Å². The van der Waals surface area contributed by atoms with Gasteiger partial charge in [0, 0.05) is 23.1 Å². The van der Waals surface area contributed by atoms with E-state index < -0.39 is 5.82 Å². The lowest BCUT2D eigenvalue weighted by Gasteiger charge is -2.21. The van der Waals surface area contributed by atoms with E-state index in [0.29, 0.717) is 13.1 Å². The van der Waals surface area contributed by atoms with Crippen LogP contribution in [0.15, 0.2) is 48.5 Å². The first-order chi connectivity index (χ1) is 11.7. The van der Waals surface area contributed by atoms with Gasteiger partial charge in [-0.1, -0.05) is 30.3 Å². The van der Waals surface area contributed by atoms with E-state index in [1.165, 1.54) is 17.0 Å². The number of benzene rings is 2. The minimum atomic E-state index is -0.424. The van der Waals surface area contributed by atoms with Crippen LogP contribution in [0.1, 0.15) is 17.7 Å². The Hall–Kier alpha value is -2.82. The third-order valence-electron chi connectivity index (χ3n) is 4.51. The number of carbonyl (C=O) groups excluding carboxylic acids is 1. The second-order valence-corrected chi connectivity index (χ2v) is 6.06. The van der Waals surface area contributed by atoms with Crippen LogP contribution in [0.5, 0.6) is 0 Å². The molecule has 3 aromatic rings. The highest BCUT2D eigenvalue weighted by molar-refractivity contribution is 5.90. The fourth-order valence-corrected chi connectivity index (χ4v) is 3.32. The van der Waals surface area contributed by atoms with Crippen LogP contribution in [0.3, 0.4) is 0 Å². The fourth-order valence-electron chi connectivity index (χ4n) is 3.32. The molecule has 4 nitrogen and oxygen atoms in total. The molecule has 0 atom stereocenters. The molecule has 0 saturated carbocycles. The van der Waals surface area contributed by atoms with Gasteiger partial charge in [0.05, 0.1) is 12.2 Å². The van der Waals surface area contributed by atoms with Gasteiger partial charge in [0.2, 0.25) is 0 Å². The van der Waals surface area contributed by atoms with Crippen LogP contribution < -0.4 is 5.32 Å². The van der Waals surface area contributed by atoms with Crippen molar-refractivity contribution in [1.29, 1.82) is 0 Å². The van der Waals surface area contributed by atoms with Crippen molar-refractivity contribution in [3.8, 4) is 0 Å². The SMILES string of the molecule is O=C(Nc1ccccc1F)N1CCCc2c([nH]c3ccccc23)C1. The van der Waals surface area contributed by atoms with E-state index >= 15 is 0 Å². The molecule has 0 saturated heterocycles. The number of para-hydroxylation sites is 2. The van der Waals surface area contributed by atoms with Crippen LogP contribution in [-0.4, -0.2) is 22.5 Å². The zero-order chi connectivity index (χ0) is 16.5. The molecular weight excluding hydrogens is 305 g/mol. The smallest absolute Gasteiger partial charge is 0.322 e. The number of rotatable bonds is 1. The molecule has 2 amide bonds. The summed E-state index contributed by atoms with van der Waals surface area (Å²) in [5, 5.41) is 3.90. The maximum Gasteiger partial charge on any atom is 0.322 e. The average Bonchev–Trinajstić information content (AvgIpc) is 2.79. The molecular formula is C19H18FN3O. The Kier molecular flexibility index (Phi) is 3.69. The van der Waals surface area contributed by atoms with Crippen LogP contribution in [0.2, 0.25) is 0 Å². The molecule has 5 heteroatoms. The number of aryl methyl sites for hydroxylation is 1. The Morgan fingerprint density at radius 3 is 2.79 bits per heavy atom. The van der Waals surface area contributed by atoms with Crippen molar-refractivity contribution in [3.05, 3.63) is 65.6 Å². The first-order valence-corrected chi connectivity index (χ1v) is 8.11. The Morgan fingerprint density at radius 2 is 1.92 bits per heavy atom. The topological polar surface area (TPSA) is 48.1 Å². The fraction of sp³-hybridized carbons (Fsp3) is 0.211. The molecule has 2 aromatic carbocycles. The van der Waals surface area contributed by atoms with Crippen molar-refractivity contribution >= 4 is 22.6 Å². The summed E-state index contributed by atoms with van der Waals surface area (Å²) < 4.78 is 13.7. The predicted molar refractivity (Wildman–Crippen MR) is 92.4 cm³/mol. The molecule has 0 fully saturated rings. The van der Waals surface area contributed by atoms with E-state index in [1.54, 1.807) is 23.1 Å². The van der Waals surface area contributed by atoms with E-state index in [9.17, 15) is 9.18 Å². The standard InChI is InChI=1S/C19H18FN3O/c20-15-8-2-4-10-17(15)22-19(24)23-11-5-7-14-13-6-1-3-9-16(13)21-18(14)12-23/h1-4,6,8-10,21H,5,7,11-12H2,(H,22,24). The monoisotopic (exact) mass is 323 g/mol. The highest BCUT2D eigenvalue weighted by Crippen LogP contribution is 2.27. The Balaban J connectivity index is 1.58. The number of urea groups is 1. The normalized spacial score (nSPS) is 14.3. The third-order valence-corrected chi connectivity index (χ3v) is 4.51. The Bertz CT molecular complexity index is 903. The van der Waals surface area contributed by atoms with Gasteiger partial charge in [-0.15, -0.1) is 0 Å². The highest BCUT2D eigenvalue weighted by Gasteiger charge is 2.22. The van der Waals surface area contributed by atoms with Crippen molar-refractivity contribution in [1.82, 2.24) is 9.88 Å². The number of aromatic nitrogens is 1. The van der Waals surface area contributed by atoms with Crippen molar-refractivity contribution in [2.24, 2.45) is 0 Å². The second-order valence-electron chi connectivity index (χ2n) is 6.06. The molecule has 1 aliphatic heterocycles. The first kappa shape index (κ1) is 14.8. The molecule has 24 heavy (non-hydrogen) atoms. The van der Waals surface area contributed by atoms with Gasteiger partial charge in [0.25, 0.3) is 0 Å². The number of amides is 2. The summed E-state index contributed by atoms with van der Waals surface area (Å²) >= 11 is 0. The number of hydrogen-bond acceptors (Lipinski definition) is 1. The number of carbonyl (C=O) groups is 1. The van der Waals surface area contributed by atoms with Crippen LogP contribution in [0.4, 0.5) is 14.9 Å². The van der Waals surface area contributed by atoms with Crippen molar-refractivity contribution < 1.29 is 9.18 Å². The minimum absolute atomic E-state index is 0.212. The lowest BCUT2D eigenvalue weighted by molar-refractivity contribution is 0.209. The third kappa shape index (κ3) is 2.62. The Morgan fingerprint density at radius 1 is 1.12 bits per heavy atom. The number of halogens is 1. The van der Waals surface area contributed by atoms with Gasteiger partial charge in [0.1, 0.15) is 5.82 Å². The van der Waals surface area contributed by atoms with Crippen molar-refractivity contribution in [3.63, 3.8) is 0 Å². The van der Waals surface area contributed by atoms with Crippen LogP contribution >= 0.6 is 0 Å². The van der Waals surface area contributed by atoms with Crippen LogP contribution in [0, 0.1) is 5.82 Å². The second kappa shape index (κ2) is 6.00. The molecule has 0 bridgehead atoms. The lowest BCUT2D eigenvalue weighted by atomic mass is 10.1. The molecule has 122 valence electrons. The van der Waals surface area contributed by atoms with Gasteiger partial charge in [-0.05, 0) is 36.6 Å². The average molecular weight is 323 g/mol. The highest BCUT2D eigenvalue weighted by atomic mass is 19.1. The quantitative estimate of drug-likeness (QED) is 0.689. The van der Waals surface area contributed by atoms with Gasteiger partial charge in [-0.3, -0.25) is 0 Å². The molecule has 1 aromatic heterocycles. The summed E-state index contributed by atoms with van der Waals surface area (Å²) in [5.74, 6) is -0.424.